The highest BCUT2D eigenvalue weighted by atomic mass is 16.7. The molecule has 0 spiro atoms. The summed E-state index contributed by atoms with van der Waals surface area (Å²) in [7, 11) is 0. The van der Waals surface area contributed by atoms with E-state index in [2.05, 4.69) is 5.32 Å². The second-order valence-corrected chi connectivity index (χ2v) is 8.71. The molecule has 2 aromatic carbocycles. The zero-order chi connectivity index (χ0) is 22.8. The number of imide groups is 1. The zero-order valence-electron chi connectivity index (χ0n) is 18.3. The molecular weight excluding hydrogens is 424 g/mol. The fraction of sp³-hybridized carbons (Fsp3) is 0.400. The summed E-state index contributed by atoms with van der Waals surface area (Å²) in [4.78, 5) is 37.8. The van der Waals surface area contributed by atoms with Crippen LogP contribution >= 0.6 is 0 Å². The highest BCUT2D eigenvalue weighted by molar-refractivity contribution is 6.01. The number of ether oxygens (including phenoxy) is 3. The zero-order valence-corrected chi connectivity index (χ0v) is 18.3. The fourth-order valence-electron chi connectivity index (χ4n) is 4.65. The van der Waals surface area contributed by atoms with Crippen molar-refractivity contribution in [3.8, 4) is 11.5 Å². The first-order valence-corrected chi connectivity index (χ1v) is 11.2. The van der Waals surface area contributed by atoms with Crippen LogP contribution < -0.4 is 14.8 Å². The molecule has 3 amide bonds. The van der Waals surface area contributed by atoms with Gasteiger partial charge in [0.15, 0.2) is 11.5 Å². The highest BCUT2D eigenvalue weighted by Gasteiger charge is 2.36. The molecule has 2 saturated heterocycles. The minimum absolute atomic E-state index is 0.146. The van der Waals surface area contributed by atoms with Gasteiger partial charge in [-0.15, -0.1) is 0 Å². The first-order valence-electron chi connectivity index (χ1n) is 11.2. The van der Waals surface area contributed by atoms with E-state index in [-0.39, 0.29) is 49.3 Å². The minimum Gasteiger partial charge on any atom is -0.454 e. The Balaban J connectivity index is 1.26. The number of fused-ring (bicyclic) bond motifs is 1. The summed E-state index contributed by atoms with van der Waals surface area (Å²) in [5.74, 6) is 1.01. The van der Waals surface area contributed by atoms with Gasteiger partial charge in [-0.2, -0.15) is 0 Å². The summed E-state index contributed by atoms with van der Waals surface area (Å²) in [6.07, 6.45) is 2.14. The molecule has 1 N–H and O–H groups in total. The van der Waals surface area contributed by atoms with Gasteiger partial charge in [0.2, 0.25) is 18.6 Å². The van der Waals surface area contributed by atoms with Crippen molar-refractivity contribution >= 4 is 17.7 Å². The summed E-state index contributed by atoms with van der Waals surface area (Å²) in [6.45, 7) is 2.21. The van der Waals surface area contributed by atoms with Crippen molar-refractivity contribution in [2.75, 3.05) is 26.6 Å². The largest absolute Gasteiger partial charge is 0.454 e. The van der Waals surface area contributed by atoms with Gasteiger partial charge in [-0.05, 0) is 48.2 Å². The molecule has 0 saturated carbocycles. The van der Waals surface area contributed by atoms with Gasteiger partial charge in [-0.1, -0.05) is 18.2 Å². The average Bonchev–Trinajstić information content (AvgIpc) is 3.45. The smallest absolute Gasteiger partial charge is 0.251 e. The van der Waals surface area contributed by atoms with E-state index in [1.807, 2.05) is 18.2 Å². The van der Waals surface area contributed by atoms with E-state index in [1.54, 1.807) is 24.3 Å². The summed E-state index contributed by atoms with van der Waals surface area (Å²) in [5.41, 5.74) is 2.21. The van der Waals surface area contributed by atoms with Crippen molar-refractivity contribution in [3.05, 3.63) is 59.2 Å². The normalized spacial score (nSPS) is 19.1. The van der Waals surface area contributed by atoms with E-state index in [0.717, 1.165) is 35.5 Å². The number of carbonyl (C=O) groups excluding carboxylic acids is 3. The Morgan fingerprint density at radius 1 is 0.939 bits per heavy atom. The number of benzene rings is 2. The maximum Gasteiger partial charge on any atom is 0.251 e. The second kappa shape index (κ2) is 8.86. The van der Waals surface area contributed by atoms with Crippen LogP contribution in [0.2, 0.25) is 0 Å². The van der Waals surface area contributed by atoms with Crippen LogP contribution in [-0.2, 0) is 26.3 Å². The molecule has 8 heteroatoms. The summed E-state index contributed by atoms with van der Waals surface area (Å²) in [5, 5.41) is 3.10. The van der Waals surface area contributed by atoms with Crippen molar-refractivity contribution in [1.29, 1.82) is 0 Å². The van der Waals surface area contributed by atoms with Crippen molar-refractivity contribution in [2.24, 2.45) is 0 Å². The molecule has 0 radical (unpaired) electrons. The van der Waals surface area contributed by atoms with Gasteiger partial charge in [0.25, 0.3) is 5.91 Å². The Morgan fingerprint density at radius 2 is 1.64 bits per heavy atom. The average molecular weight is 450 g/mol. The van der Waals surface area contributed by atoms with Crippen LogP contribution in [0.4, 0.5) is 0 Å². The van der Waals surface area contributed by atoms with Crippen LogP contribution in [0.5, 0.6) is 11.5 Å². The van der Waals surface area contributed by atoms with E-state index >= 15 is 0 Å². The van der Waals surface area contributed by atoms with E-state index in [4.69, 9.17) is 14.2 Å². The van der Waals surface area contributed by atoms with Crippen molar-refractivity contribution in [3.63, 3.8) is 0 Å². The standard InChI is InChI=1S/C25H26N2O6/c28-22-7-8-23(29)27(22)14-17-1-3-18(4-2-17)24(30)26-15-25(9-11-31-12-10-25)19-5-6-20-21(13-19)33-16-32-20/h1-6,13H,7-12,14-16H2,(H,26,30). The Morgan fingerprint density at radius 3 is 2.36 bits per heavy atom. The van der Waals surface area contributed by atoms with Gasteiger partial charge < -0.3 is 19.5 Å². The molecule has 8 nitrogen and oxygen atoms in total. The van der Waals surface area contributed by atoms with Crippen LogP contribution in [-0.4, -0.2) is 49.2 Å². The van der Waals surface area contributed by atoms with Gasteiger partial charge in [0.05, 0.1) is 6.54 Å². The van der Waals surface area contributed by atoms with Gasteiger partial charge >= 0.3 is 0 Å². The maximum absolute atomic E-state index is 12.9. The van der Waals surface area contributed by atoms with Crippen LogP contribution in [0.3, 0.4) is 0 Å². The third kappa shape index (κ3) is 4.30. The number of amides is 3. The van der Waals surface area contributed by atoms with E-state index in [9.17, 15) is 14.4 Å². The number of carbonyl (C=O) groups is 3. The third-order valence-corrected chi connectivity index (χ3v) is 6.73. The number of likely N-dealkylation sites (tertiary alicyclic amines) is 1. The van der Waals surface area contributed by atoms with Crippen LogP contribution in [0.15, 0.2) is 42.5 Å². The molecule has 0 unspecified atom stereocenters. The summed E-state index contributed by atoms with van der Waals surface area (Å²) in [6, 6.07) is 13.0. The monoisotopic (exact) mass is 450 g/mol. The molecule has 2 fully saturated rings. The van der Waals surface area contributed by atoms with Gasteiger partial charge in [0, 0.05) is 43.6 Å². The molecule has 3 aliphatic heterocycles. The Bertz CT molecular complexity index is 1060. The molecule has 172 valence electrons. The number of hydrogen-bond donors (Lipinski definition) is 1. The van der Waals surface area contributed by atoms with Crippen LogP contribution in [0, 0.1) is 0 Å². The fourth-order valence-corrected chi connectivity index (χ4v) is 4.65. The Labute approximate surface area is 191 Å². The molecule has 3 heterocycles. The maximum atomic E-state index is 12.9. The van der Waals surface area contributed by atoms with Gasteiger partial charge in [0.1, 0.15) is 0 Å². The molecule has 5 rings (SSSR count). The topological polar surface area (TPSA) is 94.2 Å². The first-order chi connectivity index (χ1) is 16.0. The Hall–Kier alpha value is -3.39. The molecule has 2 aromatic rings. The van der Waals surface area contributed by atoms with Crippen molar-refractivity contribution < 1.29 is 28.6 Å². The van der Waals surface area contributed by atoms with E-state index in [1.165, 1.54) is 4.90 Å². The molecule has 0 aromatic heterocycles. The quantitative estimate of drug-likeness (QED) is 0.680. The third-order valence-electron chi connectivity index (χ3n) is 6.73. The van der Waals surface area contributed by atoms with Crippen LogP contribution in [0.1, 0.15) is 47.2 Å². The number of nitrogens with one attached hydrogen (secondary N) is 1. The predicted molar refractivity (Wildman–Crippen MR) is 118 cm³/mol. The molecule has 3 aliphatic rings. The van der Waals surface area contributed by atoms with Crippen molar-refractivity contribution in [2.45, 2.75) is 37.6 Å². The Kier molecular flexibility index (Phi) is 5.76. The predicted octanol–water partition coefficient (Wildman–Crippen LogP) is 2.54. The lowest BCUT2D eigenvalue weighted by molar-refractivity contribution is -0.139. The highest BCUT2D eigenvalue weighted by Crippen LogP contribution is 2.40. The summed E-state index contributed by atoms with van der Waals surface area (Å²) >= 11 is 0. The molecular formula is C25H26N2O6. The van der Waals surface area contributed by atoms with Gasteiger partial charge in [-0.3, -0.25) is 19.3 Å². The molecule has 0 aliphatic carbocycles. The molecule has 33 heavy (non-hydrogen) atoms. The molecule has 0 bridgehead atoms. The lowest BCUT2D eigenvalue weighted by atomic mass is 9.74. The first kappa shape index (κ1) is 21.5. The van der Waals surface area contributed by atoms with Gasteiger partial charge in [-0.25, -0.2) is 0 Å². The SMILES string of the molecule is O=C(NCC1(c2ccc3c(c2)OCO3)CCOCC1)c1ccc(CN2C(=O)CCC2=O)cc1. The van der Waals surface area contributed by atoms with E-state index in [0.29, 0.717) is 25.3 Å². The van der Waals surface area contributed by atoms with Crippen LogP contribution in [0.25, 0.3) is 0 Å². The number of rotatable bonds is 6. The summed E-state index contributed by atoms with van der Waals surface area (Å²) < 4.78 is 16.6. The number of hydrogen-bond acceptors (Lipinski definition) is 6. The second-order valence-electron chi connectivity index (χ2n) is 8.71. The minimum atomic E-state index is -0.245. The lowest BCUT2D eigenvalue weighted by Crippen LogP contribution is -2.44. The van der Waals surface area contributed by atoms with Crippen molar-refractivity contribution in [1.82, 2.24) is 10.2 Å². The lowest BCUT2D eigenvalue weighted by Gasteiger charge is -2.38. The molecule has 0 atom stereocenters. The number of nitrogens with zero attached hydrogens (tertiary/aromatic N) is 1. The van der Waals surface area contributed by atoms with E-state index < -0.39 is 0 Å².